The van der Waals surface area contributed by atoms with Crippen LogP contribution in [-0.4, -0.2) is 19.1 Å². The predicted octanol–water partition coefficient (Wildman–Crippen LogP) is 15.9. The Labute approximate surface area is 362 Å². The molecule has 5 heterocycles. The maximum Gasteiger partial charge on any atom is 0.163 e. The number of rotatable bonds is 4. The van der Waals surface area contributed by atoms with Crippen LogP contribution in [0.25, 0.3) is 129 Å². The zero-order valence-electron chi connectivity index (χ0n) is 33.1. The molecule has 0 aliphatic heterocycles. The van der Waals surface area contributed by atoms with Gasteiger partial charge in [0.15, 0.2) is 11.6 Å². The van der Waals surface area contributed by atoms with Crippen molar-refractivity contribution in [1.82, 2.24) is 19.1 Å². The standard InChI is InChI=1S/C56H32N4S2/c1-3-15-33(16-4-1)54-57-55(51-41-23-11-14-26-48(41)62-56(51)58-54)60-46-30-28-35(34-27-29-45-42(31-34)37-19-9-12-24-44(37)59(45)36-17-5-2-6-18-36)32-43(46)49-38-20-7-8-21-39(38)50-40-22-10-13-25-47(40)61-53(50)52(49)60/h1-32H. The number of nitrogens with zero attached hydrogens (tertiary/aromatic N) is 4. The van der Waals surface area contributed by atoms with Gasteiger partial charge in [0.05, 0.1) is 32.2 Å². The number of para-hydroxylation sites is 2. The first-order chi connectivity index (χ1) is 30.8. The Balaban J connectivity index is 1.13. The Kier molecular flexibility index (Phi) is 7.11. The Hall–Kier alpha value is -7.64. The third kappa shape index (κ3) is 4.76. The molecule has 0 aliphatic carbocycles. The van der Waals surface area contributed by atoms with Crippen LogP contribution in [0.3, 0.4) is 0 Å². The summed E-state index contributed by atoms with van der Waals surface area (Å²) < 4.78 is 8.60. The van der Waals surface area contributed by atoms with Crippen molar-refractivity contribution < 1.29 is 0 Å². The van der Waals surface area contributed by atoms with E-state index in [1.165, 1.54) is 90.3 Å². The summed E-state index contributed by atoms with van der Waals surface area (Å²) in [5, 5.41) is 12.3. The molecular weight excluding hydrogens is 793 g/mol. The van der Waals surface area contributed by atoms with Gasteiger partial charge in [-0.05, 0) is 76.5 Å². The summed E-state index contributed by atoms with van der Waals surface area (Å²) in [6, 6.07) is 70.5. The molecule has 0 unspecified atom stereocenters. The largest absolute Gasteiger partial charge is 0.309 e. The third-order valence-corrected chi connectivity index (χ3v) is 15.0. The van der Waals surface area contributed by atoms with E-state index >= 15 is 0 Å². The van der Waals surface area contributed by atoms with Gasteiger partial charge in [0.2, 0.25) is 0 Å². The molecule has 0 saturated heterocycles. The first-order valence-corrected chi connectivity index (χ1v) is 22.5. The fraction of sp³-hybridized carbons (Fsp3) is 0. The average Bonchev–Trinajstić information content (AvgIpc) is 4.09. The number of thiophene rings is 2. The van der Waals surface area contributed by atoms with Gasteiger partial charge in [0.25, 0.3) is 0 Å². The molecular formula is C56H32N4S2. The molecule has 62 heavy (non-hydrogen) atoms. The summed E-state index contributed by atoms with van der Waals surface area (Å²) in [5.41, 5.74) is 9.22. The van der Waals surface area contributed by atoms with E-state index in [1.807, 2.05) is 11.3 Å². The lowest BCUT2D eigenvalue weighted by Gasteiger charge is -2.13. The van der Waals surface area contributed by atoms with E-state index in [4.69, 9.17) is 9.97 Å². The third-order valence-electron chi connectivity index (χ3n) is 12.7. The minimum atomic E-state index is 0.725. The molecule has 288 valence electrons. The van der Waals surface area contributed by atoms with Gasteiger partial charge in [-0.15, -0.1) is 22.7 Å². The minimum absolute atomic E-state index is 0.725. The van der Waals surface area contributed by atoms with Gasteiger partial charge in [-0.3, -0.25) is 4.57 Å². The van der Waals surface area contributed by atoms with Crippen LogP contribution in [0.4, 0.5) is 0 Å². The molecule has 0 aliphatic rings. The van der Waals surface area contributed by atoms with Gasteiger partial charge >= 0.3 is 0 Å². The second kappa shape index (κ2) is 12.9. The highest BCUT2D eigenvalue weighted by atomic mass is 32.1. The van der Waals surface area contributed by atoms with Crippen LogP contribution in [-0.2, 0) is 0 Å². The average molecular weight is 825 g/mol. The van der Waals surface area contributed by atoms with Crippen molar-refractivity contribution >= 4 is 118 Å². The van der Waals surface area contributed by atoms with Crippen LogP contribution in [0.15, 0.2) is 194 Å². The van der Waals surface area contributed by atoms with Crippen LogP contribution in [0.2, 0.25) is 0 Å². The summed E-state index contributed by atoms with van der Waals surface area (Å²) in [6.45, 7) is 0. The zero-order chi connectivity index (χ0) is 40.5. The van der Waals surface area contributed by atoms with Crippen molar-refractivity contribution in [2.75, 3.05) is 0 Å². The molecule has 0 bridgehead atoms. The summed E-state index contributed by atoms with van der Waals surface area (Å²) in [4.78, 5) is 11.9. The lowest BCUT2D eigenvalue weighted by Crippen LogP contribution is -2.02. The van der Waals surface area contributed by atoms with E-state index < -0.39 is 0 Å². The molecule has 0 amide bonds. The summed E-state index contributed by atoms with van der Waals surface area (Å²) >= 11 is 3.62. The molecule has 0 radical (unpaired) electrons. The summed E-state index contributed by atoms with van der Waals surface area (Å²) in [5.74, 6) is 1.63. The van der Waals surface area contributed by atoms with Crippen molar-refractivity contribution in [3.8, 4) is 34.0 Å². The molecule has 5 aromatic heterocycles. The van der Waals surface area contributed by atoms with Crippen LogP contribution in [0, 0.1) is 0 Å². The summed E-state index contributed by atoms with van der Waals surface area (Å²) in [7, 11) is 0. The molecule has 9 aromatic carbocycles. The van der Waals surface area contributed by atoms with E-state index in [2.05, 4.69) is 203 Å². The van der Waals surface area contributed by atoms with Crippen molar-refractivity contribution in [3.63, 3.8) is 0 Å². The number of benzene rings is 9. The molecule has 14 aromatic rings. The van der Waals surface area contributed by atoms with Gasteiger partial charge < -0.3 is 4.57 Å². The molecule has 6 heteroatoms. The van der Waals surface area contributed by atoms with Crippen LogP contribution < -0.4 is 0 Å². The smallest absolute Gasteiger partial charge is 0.163 e. The van der Waals surface area contributed by atoms with Crippen molar-refractivity contribution in [3.05, 3.63) is 194 Å². The number of hydrogen-bond donors (Lipinski definition) is 0. The molecule has 0 spiro atoms. The first kappa shape index (κ1) is 34.1. The van der Waals surface area contributed by atoms with Crippen molar-refractivity contribution in [2.45, 2.75) is 0 Å². The van der Waals surface area contributed by atoms with E-state index in [-0.39, 0.29) is 0 Å². The molecule has 0 fully saturated rings. The monoisotopic (exact) mass is 824 g/mol. The van der Waals surface area contributed by atoms with Crippen LogP contribution in [0.5, 0.6) is 0 Å². The second-order valence-electron chi connectivity index (χ2n) is 16.1. The molecule has 0 atom stereocenters. The lowest BCUT2D eigenvalue weighted by molar-refractivity contribution is 1.08. The van der Waals surface area contributed by atoms with Crippen LogP contribution in [0.1, 0.15) is 0 Å². The summed E-state index contributed by atoms with van der Waals surface area (Å²) in [6.07, 6.45) is 0. The molecule has 14 rings (SSSR count). The van der Waals surface area contributed by atoms with E-state index in [9.17, 15) is 0 Å². The van der Waals surface area contributed by atoms with Gasteiger partial charge in [0.1, 0.15) is 4.83 Å². The maximum absolute atomic E-state index is 5.61. The number of fused-ring (bicyclic) bond motifs is 16. The Morgan fingerprint density at radius 2 is 0.903 bits per heavy atom. The topological polar surface area (TPSA) is 35.6 Å². The number of aromatic nitrogens is 4. The first-order valence-electron chi connectivity index (χ1n) is 20.9. The highest BCUT2D eigenvalue weighted by Crippen LogP contribution is 2.50. The normalized spacial score (nSPS) is 12.2. The van der Waals surface area contributed by atoms with Crippen molar-refractivity contribution in [1.29, 1.82) is 0 Å². The minimum Gasteiger partial charge on any atom is -0.309 e. The predicted molar refractivity (Wildman–Crippen MR) is 265 cm³/mol. The molecule has 4 nitrogen and oxygen atoms in total. The SMILES string of the molecule is c1ccc(-c2nc(-n3c4ccc(-c5ccc6c(c5)c5ccccc5n6-c5ccccc5)cc4c4c5ccccc5c5c6ccccc6sc5c43)c3c(n2)sc2ccccc23)cc1. The maximum atomic E-state index is 5.61. The van der Waals surface area contributed by atoms with E-state index in [1.54, 1.807) is 11.3 Å². The highest BCUT2D eigenvalue weighted by molar-refractivity contribution is 7.27. The lowest BCUT2D eigenvalue weighted by atomic mass is 9.97. The Bertz CT molecular complexity index is 4150. The number of hydrogen-bond acceptors (Lipinski definition) is 4. The van der Waals surface area contributed by atoms with Gasteiger partial charge in [-0.1, -0.05) is 140 Å². The molecule has 0 N–H and O–H groups in total. The van der Waals surface area contributed by atoms with Gasteiger partial charge in [-0.2, -0.15) is 0 Å². The Morgan fingerprint density at radius 1 is 0.355 bits per heavy atom. The van der Waals surface area contributed by atoms with E-state index in [0.29, 0.717) is 0 Å². The van der Waals surface area contributed by atoms with E-state index in [0.717, 1.165) is 38.6 Å². The van der Waals surface area contributed by atoms with Gasteiger partial charge in [0, 0.05) is 58.4 Å². The van der Waals surface area contributed by atoms with Crippen molar-refractivity contribution in [2.24, 2.45) is 0 Å². The fourth-order valence-electron chi connectivity index (χ4n) is 10.1. The van der Waals surface area contributed by atoms with Crippen LogP contribution >= 0.6 is 22.7 Å². The van der Waals surface area contributed by atoms with Gasteiger partial charge in [-0.25, -0.2) is 9.97 Å². The Morgan fingerprint density at radius 3 is 1.65 bits per heavy atom. The molecule has 0 saturated carbocycles. The fourth-order valence-corrected chi connectivity index (χ4v) is 12.4. The quantitative estimate of drug-likeness (QED) is 0.177. The highest BCUT2D eigenvalue weighted by Gasteiger charge is 2.26. The second-order valence-corrected chi connectivity index (χ2v) is 18.2. The zero-order valence-corrected chi connectivity index (χ0v) is 34.7.